The Hall–Kier alpha value is -1.89. The number of nitrogens with zero attached hydrogens (tertiary/aromatic N) is 3. The molecule has 0 amide bonds. The van der Waals surface area contributed by atoms with Crippen LogP contribution in [0.3, 0.4) is 0 Å². The zero-order valence-electron chi connectivity index (χ0n) is 8.67. The average Bonchev–Trinajstić information content (AvgIpc) is 2.78. The van der Waals surface area contributed by atoms with Crippen molar-refractivity contribution >= 4 is 23.2 Å². The first-order valence-corrected chi connectivity index (χ1v) is 5.52. The van der Waals surface area contributed by atoms with Gasteiger partial charge in [-0.25, -0.2) is 0 Å². The molecule has 0 fully saturated rings. The van der Waals surface area contributed by atoms with Crippen LogP contribution in [0.1, 0.15) is 5.56 Å². The van der Waals surface area contributed by atoms with Crippen LogP contribution in [-0.4, -0.2) is 22.1 Å². The summed E-state index contributed by atoms with van der Waals surface area (Å²) < 4.78 is 4.89. The van der Waals surface area contributed by atoms with Crippen molar-refractivity contribution in [2.45, 2.75) is 6.54 Å². The number of aromatic nitrogens is 3. The predicted molar refractivity (Wildman–Crippen MR) is 62.4 cm³/mol. The molecule has 3 N–H and O–H groups in total. The Bertz CT molecular complexity index is 459. The SMILES string of the molecule is COc1nc(N)nc(NCc2ccsc2)n1. The summed E-state index contributed by atoms with van der Waals surface area (Å²) in [6, 6.07) is 2.24. The topological polar surface area (TPSA) is 86.0 Å². The summed E-state index contributed by atoms with van der Waals surface area (Å²) in [6.07, 6.45) is 0. The lowest BCUT2D eigenvalue weighted by atomic mass is 10.3. The van der Waals surface area contributed by atoms with Gasteiger partial charge in [0.2, 0.25) is 11.9 Å². The molecule has 0 unspecified atom stereocenters. The van der Waals surface area contributed by atoms with Crippen LogP contribution >= 0.6 is 11.3 Å². The van der Waals surface area contributed by atoms with Crippen molar-refractivity contribution in [2.75, 3.05) is 18.2 Å². The van der Waals surface area contributed by atoms with Crippen LogP contribution in [0.4, 0.5) is 11.9 Å². The summed E-state index contributed by atoms with van der Waals surface area (Å²) in [5, 5.41) is 7.11. The normalized spacial score (nSPS) is 10.1. The molecule has 0 saturated heterocycles. The molecule has 0 saturated carbocycles. The number of nitrogen functional groups attached to an aromatic ring is 1. The van der Waals surface area contributed by atoms with Gasteiger partial charge in [-0.05, 0) is 22.4 Å². The molecule has 2 aromatic heterocycles. The lowest BCUT2D eigenvalue weighted by Gasteiger charge is -2.05. The summed E-state index contributed by atoms with van der Waals surface area (Å²) in [5.74, 6) is 0.551. The van der Waals surface area contributed by atoms with Gasteiger partial charge in [-0.2, -0.15) is 26.3 Å². The number of thiophene rings is 1. The highest BCUT2D eigenvalue weighted by molar-refractivity contribution is 7.07. The van der Waals surface area contributed by atoms with Crippen molar-refractivity contribution in [1.29, 1.82) is 0 Å². The van der Waals surface area contributed by atoms with Crippen molar-refractivity contribution in [3.8, 4) is 6.01 Å². The lowest BCUT2D eigenvalue weighted by Crippen LogP contribution is -2.07. The minimum absolute atomic E-state index is 0.139. The molecule has 0 aliphatic heterocycles. The number of ether oxygens (including phenoxy) is 1. The number of methoxy groups -OCH3 is 1. The zero-order chi connectivity index (χ0) is 11.4. The minimum Gasteiger partial charge on any atom is -0.467 e. The molecule has 84 valence electrons. The third-order valence-electron chi connectivity index (χ3n) is 1.85. The second-order valence-electron chi connectivity index (χ2n) is 2.99. The van der Waals surface area contributed by atoms with E-state index < -0.39 is 0 Å². The summed E-state index contributed by atoms with van der Waals surface area (Å²) in [5.41, 5.74) is 6.67. The quantitative estimate of drug-likeness (QED) is 0.829. The van der Waals surface area contributed by atoms with E-state index in [2.05, 4.69) is 25.6 Å². The highest BCUT2D eigenvalue weighted by Crippen LogP contribution is 2.11. The summed E-state index contributed by atoms with van der Waals surface area (Å²) in [4.78, 5) is 11.8. The molecule has 16 heavy (non-hydrogen) atoms. The maximum Gasteiger partial charge on any atom is 0.322 e. The summed E-state index contributed by atoms with van der Waals surface area (Å²) in [6.45, 7) is 0.649. The van der Waals surface area contributed by atoms with E-state index in [9.17, 15) is 0 Å². The number of anilines is 2. The smallest absolute Gasteiger partial charge is 0.322 e. The van der Waals surface area contributed by atoms with Crippen molar-refractivity contribution in [3.05, 3.63) is 22.4 Å². The fraction of sp³-hybridized carbons (Fsp3) is 0.222. The summed E-state index contributed by atoms with van der Waals surface area (Å²) in [7, 11) is 1.48. The van der Waals surface area contributed by atoms with E-state index >= 15 is 0 Å². The molecular formula is C9H11N5OS. The van der Waals surface area contributed by atoms with Crippen molar-refractivity contribution in [3.63, 3.8) is 0 Å². The molecule has 2 rings (SSSR count). The fourth-order valence-corrected chi connectivity index (χ4v) is 1.79. The monoisotopic (exact) mass is 237 g/mol. The number of nitrogens with one attached hydrogen (secondary N) is 1. The van der Waals surface area contributed by atoms with Crippen molar-refractivity contribution in [1.82, 2.24) is 15.0 Å². The van der Waals surface area contributed by atoms with E-state index in [-0.39, 0.29) is 12.0 Å². The predicted octanol–water partition coefficient (Wildman–Crippen LogP) is 1.14. The van der Waals surface area contributed by atoms with Gasteiger partial charge in [0.25, 0.3) is 0 Å². The highest BCUT2D eigenvalue weighted by atomic mass is 32.1. The Kier molecular flexibility index (Phi) is 3.16. The molecule has 0 atom stereocenters. The lowest BCUT2D eigenvalue weighted by molar-refractivity contribution is 0.379. The van der Waals surface area contributed by atoms with Crippen LogP contribution in [0.2, 0.25) is 0 Å². The van der Waals surface area contributed by atoms with Gasteiger partial charge >= 0.3 is 6.01 Å². The molecule has 0 radical (unpaired) electrons. The van der Waals surface area contributed by atoms with E-state index in [1.807, 2.05) is 11.4 Å². The van der Waals surface area contributed by atoms with Gasteiger partial charge in [0.05, 0.1) is 7.11 Å². The molecule has 0 spiro atoms. The maximum atomic E-state index is 5.50. The summed E-state index contributed by atoms with van der Waals surface area (Å²) >= 11 is 1.64. The third kappa shape index (κ3) is 2.57. The van der Waals surface area contributed by atoms with Gasteiger partial charge in [-0.3, -0.25) is 0 Å². The Balaban J connectivity index is 2.06. The van der Waals surface area contributed by atoms with Gasteiger partial charge in [0, 0.05) is 6.54 Å². The molecular weight excluding hydrogens is 226 g/mol. The largest absolute Gasteiger partial charge is 0.467 e. The highest BCUT2D eigenvalue weighted by Gasteiger charge is 2.03. The first-order chi connectivity index (χ1) is 7.78. The van der Waals surface area contributed by atoms with Crippen molar-refractivity contribution in [2.24, 2.45) is 0 Å². The number of nitrogens with two attached hydrogens (primary N) is 1. The first kappa shape index (κ1) is 10.6. The number of hydrogen-bond acceptors (Lipinski definition) is 7. The molecule has 2 aromatic rings. The Morgan fingerprint density at radius 2 is 2.31 bits per heavy atom. The molecule has 0 bridgehead atoms. The first-order valence-electron chi connectivity index (χ1n) is 4.58. The van der Waals surface area contributed by atoms with Gasteiger partial charge in [-0.1, -0.05) is 0 Å². The Morgan fingerprint density at radius 1 is 1.44 bits per heavy atom. The second-order valence-corrected chi connectivity index (χ2v) is 3.77. The Morgan fingerprint density at radius 3 is 3.00 bits per heavy atom. The molecule has 2 heterocycles. The van der Waals surface area contributed by atoms with E-state index in [4.69, 9.17) is 10.5 Å². The van der Waals surface area contributed by atoms with Gasteiger partial charge in [-0.15, -0.1) is 0 Å². The van der Waals surface area contributed by atoms with Crippen LogP contribution in [-0.2, 0) is 6.54 Å². The van der Waals surface area contributed by atoms with E-state index in [1.165, 1.54) is 12.7 Å². The molecule has 0 aliphatic rings. The molecule has 0 aromatic carbocycles. The van der Waals surface area contributed by atoms with Crippen LogP contribution < -0.4 is 15.8 Å². The molecule has 0 aliphatic carbocycles. The third-order valence-corrected chi connectivity index (χ3v) is 2.58. The van der Waals surface area contributed by atoms with E-state index in [1.54, 1.807) is 11.3 Å². The zero-order valence-corrected chi connectivity index (χ0v) is 9.49. The average molecular weight is 237 g/mol. The number of hydrogen-bond donors (Lipinski definition) is 2. The molecule has 6 nitrogen and oxygen atoms in total. The standard InChI is InChI=1S/C9H11N5OS/c1-15-9-13-7(10)12-8(14-9)11-4-6-2-3-16-5-6/h2-3,5H,4H2,1H3,(H3,10,11,12,13,14). The van der Waals surface area contributed by atoms with Crippen LogP contribution in [0.5, 0.6) is 6.01 Å². The van der Waals surface area contributed by atoms with Crippen molar-refractivity contribution < 1.29 is 4.74 Å². The van der Waals surface area contributed by atoms with Crippen LogP contribution in [0.15, 0.2) is 16.8 Å². The van der Waals surface area contributed by atoms with E-state index in [0.717, 1.165) is 0 Å². The van der Waals surface area contributed by atoms with Gasteiger partial charge in [0.1, 0.15) is 0 Å². The van der Waals surface area contributed by atoms with Crippen LogP contribution in [0.25, 0.3) is 0 Å². The van der Waals surface area contributed by atoms with E-state index in [0.29, 0.717) is 12.5 Å². The van der Waals surface area contributed by atoms with Gasteiger partial charge in [0.15, 0.2) is 0 Å². The van der Waals surface area contributed by atoms with Gasteiger partial charge < -0.3 is 15.8 Å². The number of rotatable bonds is 4. The minimum atomic E-state index is 0.139. The maximum absolute atomic E-state index is 5.50. The Labute approximate surface area is 96.5 Å². The second kappa shape index (κ2) is 4.75. The molecule has 7 heteroatoms. The van der Waals surface area contributed by atoms with Crippen LogP contribution in [0, 0.1) is 0 Å². The fourth-order valence-electron chi connectivity index (χ4n) is 1.12.